The Kier molecular flexibility index (Phi) is 2.69. The summed E-state index contributed by atoms with van der Waals surface area (Å²) in [7, 11) is 4.20. The average Bonchev–Trinajstić information content (AvgIpc) is 2.92. The Labute approximate surface area is 76.1 Å². The van der Waals surface area contributed by atoms with Gasteiger partial charge in [0.1, 0.15) is 0 Å². The van der Waals surface area contributed by atoms with Crippen LogP contribution in [0.25, 0.3) is 0 Å². The highest BCUT2D eigenvalue weighted by Crippen LogP contribution is 2.32. The predicted octanol–water partition coefficient (Wildman–Crippen LogP) is 2.97. The zero-order chi connectivity index (χ0) is 8.39. The van der Waals surface area contributed by atoms with Gasteiger partial charge in [0.25, 0.3) is 0 Å². The van der Waals surface area contributed by atoms with Crippen molar-refractivity contribution < 1.29 is 0 Å². The smallest absolute Gasteiger partial charge is 0.0115 e. The Hall–Kier alpha value is -0.0400. The van der Waals surface area contributed by atoms with Crippen molar-refractivity contribution in [2.24, 2.45) is 0 Å². The van der Waals surface area contributed by atoms with Gasteiger partial charge < -0.3 is 0 Å². The molecular weight excluding hydrogens is 146 g/mol. The summed E-state index contributed by atoms with van der Waals surface area (Å²) < 4.78 is 0. The highest BCUT2D eigenvalue weighted by molar-refractivity contribution is 4.88. The van der Waals surface area contributed by atoms with Crippen LogP contribution in [-0.4, -0.2) is 17.0 Å². The van der Waals surface area contributed by atoms with E-state index in [1.165, 1.54) is 51.4 Å². The quantitative estimate of drug-likeness (QED) is 0.570. The normalized spacial score (nSPS) is 27.5. The fourth-order valence-corrected chi connectivity index (χ4v) is 2.29. The van der Waals surface area contributed by atoms with Crippen molar-refractivity contribution in [1.29, 1.82) is 0 Å². The Morgan fingerprint density at radius 3 is 1.75 bits per heavy atom. The number of hydrogen-bond donors (Lipinski definition) is 0. The Bertz CT molecular complexity index is 132. The first-order valence-electron chi connectivity index (χ1n) is 5.47. The minimum atomic E-state index is 0.819. The molecule has 0 aromatic rings. The molecule has 2 aliphatic rings. The molecule has 0 spiro atoms. The minimum absolute atomic E-state index is 0.819. The van der Waals surface area contributed by atoms with Crippen LogP contribution >= 0.6 is 0 Å². The molecule has 0 amide bonds. The molecule has 0 heterocycles. The summed E-state index contributed by atoms with van der Waals surface area (Å²) in [5, 5.41) is 0. The van der Waals surface area contributed by atoms with Crippen LogP contribution in [0.15, 0.2) is 0 Å². The summed E-state index contributed by atoms with van der Waals surface area (Å²) in [6.45, 7) is 0. The zero-order valence-electron chi connectivity index (χ0n) is 7.97. The van der Waals surface area contributed by atoms with Crippen LogP contribution in [0.1, 0.15) is 51.4 Å². The van der Waals surface area contributed by atoms with Gasteiger partial charge in [0.05, 0.1) is 0 Å². The lowest BCUT2D eigenvalue weighted by molar-refractivity contribution is 0.238. The van der Waals surface area contributed by atoms with Crippen LogP contribution in [0.4, 0.5) is 0 Å². The molecule has 2 fully saturated rings. The van der Waals surface area contributed by atoms with Crippen molar-refractivity contribution in [1.82, 2.24) is 4.90 Å². The van der Waals surface area contributed by atoms with Crippen LogP contribution in [-0.2, 0) is 0 Å². The van der Waals surface area contributed by atoms with Gasteiger partial charge in [-0.05, 0) is 25.7 Å². The van der Waals surface area contributed by atoms with Gasteiger partial charge in [-0.1, -0.05) is 25.7 Å². The van der Waals surface area contributed by atoms with Gasteiger partial charge in [-0.3, -0.25) is 4.90 Å². The molecule has 12 heavy (non-hydrogen) atoms. The molecule has 69 valence electrons. The van der Waals surface area contributed by atoms with Gasteiger partial charge in [0.15, 0.2) is 0 Å². The second-order valence-corrected chi connectivity index (χ2v) is 4.39. The molecule has 0 atom stereocenters. The standard InChI is InChI=1S/C11H20N/c1-12(11-8-9-11)10-6-4-2-3-5-7-10/h10-11H,1-9H2. The summed E-state index contributed by atoms with van der Waals surface area (Å²) in [6.07, 6.45) is 11.4. The minimum Gasteiger partial charge on any atom is -0.296 e. The SMILES string of the molecule is [CH2]N(C1CCCCCC1)C1CC1. The van der Waals surface area contributed by atoms with Crippen LogP contribution in [0.3, 0.4) is 0 Å². The summed E-state index contributed by atoms with van der Waals surface area (Å²) in [6, 6.07) is 1.67. The van der Waals surface area contributed by atoms with Crippen molar-refractivity contribution in [2.45, 2.75) is 63.5 Å². The topological polar surface area (TPSA) is 3.24 Å². The average molecular weight is 166 g/mol. The molecule has 0 unspecified atom stereocenters. The van der Waals surface area contributed by atoms with Crippen molar-refractivity contribution >= 4 is 0 Å². The molecule has 2 saturated carbocycles. The third-order valence-corrected chi connectivity index (χ3v) is 3.31. The summed E-state index contributed by atoms with van der Waals surface area (Å²) in [5.74, 6) is 0. The maximum atomic E-state index is 4.20. The number of nitrogens with zero attached hydrogens (tertiary/aromatic N) is 1. The lowest BCUT2D eigenvalue weighted by Crippen LogP contribution is -2.31. The Morgan fingerprint density at radius 2 is 1.25 bits per heavy atom. The van der Waals surface area contributed by atoms with Gasteiger partial charge in [-0.25, -0.2) is 0 Å². The molecule has 0 bridgehead atoms. The second-order valence-electron chi connectivity index (χ2n) is 4.39. The molecule has 2 rings (SSSR count). The van der Waals surface area contributed by atoms with Crippen molar-refractivity contribution in [3.8, 4) is 0 Å². The van der Waals surface area contributed by atoms with Crippen LogP contribution in [0.2, 0.25) is 0 Å². The highest BCUT2D eigenvalue weighted by atomic mass is 15.2. The van der Waals surface area contributed by atoms with E-state index in [0.717, 1.165) is 12.1 Å². The fourth-order valence-electron chi connectivity index (χ4n) is 2.29. The molecule has 0 aromatic carbocycles. The van der Waals surface area contributed by atoms with E-state index in [1.807, 2.05) is 0 Å². The first-order chi connectivity index (χ1) is 5.88. The lowest BCUT2D eigenvalue weighted by atomic mass is 10.1. The molecule has 0 aliphatic heterocycles. The maximum absolute atomic E-state index is 4.20. The van der Waals surface area contributed by atoms with Crippen molar-refractivity contribution in [2.75, 3.05) is 0 Å². The first kappa shape index (κ1) is 8.55. The summed E-state index contributed by atoms with van der Waals surface area (Å²) in [4.78, 5) is 2.41. The molecule has 1 heteroatoms. The van der Waals surface area contributed by atoms with E-state index < -0.39 is 0 Å². The molecule has 0 aromatic heterocycles. The van der Waals surface area contributed by atoms with Gasteiger partial charge in [-0.2, -0.15) is 0 Å². The van der Waals surface area contributed by atoms with E-state index in [0.29, 0.717) is 0 Å². The Balaban J connectivity index is 1.82. The van der Waals surface area contributed by atoms with E-state index in [-0.39, 0.29) is 0 Å². The van der Waals surface area contributed by atoms with E-state index in [1.54, 1.807) is 0 Å². The van der Waals surface area contributed by atoms with E-state index in [2.05, 4.69) is 11.9 Å². The second kappa shape index (κ2) is 3.78. The summed E-state index contributed by atoms with van der Waals surface area (Å²) >= 11 is 0. The molecule has 1 radical (unpaired) electrons. The molecule has 1 nitrogen and oxygen atoms in total. The van der Waals surface area contributed by atoms with E-state index in [9.17, 15) is 0 Å². The molecular formula is C11H20N. The van der Waals surface area contributed by atoms with Gasteiger partial charge in [0.2, 0.25) is 0 Å². The predicted molar refractivity (Wildman–Crippen MR) is 51.7 cm³/mol. The van der Waals surface area contributed by atoms with Gasteiger partial charge in [-0.15, -0.1) is 0 Å². The number of hydrogen-bond acceptors (Lipinski definition) is 1. The monoisotopic (exact) mass is 166 g/mol. The van der Waals surface area contributed by atoms with E-state index in [4.69, 9.17) is 0 Å². The number of rotatable bonds is 2. The van der Waals surface area contributed by atoms with Gasteiger partial charge in [0, 0.05) is 19.1 Å². The summed E-state index contributed by atoms with van der Waals surface area (Å²) in [5.41, 5.74) is 0. The van der Waals surface area contributed by atoms with E-state index >= 15 is 0 Å². The van der Waals surface area contributed by atoms with Crippen LogP contribution in [0, 0.1) is 7.05 Å². The van der Waals surface area contributed by atoms with Crippen LogP contribution in [0.5, 0.6) is 0 Å². The Morgan fingerprint density at radius 1 is 0.750 bits per heavy atom. The fraction of sp³-hybridized carbons (Fsp3) is 0.909. The lowest BCUT2D eigenvalue weighted by Gasteiger charge is -2.26. The zero-order valence-corrected chi connectivity index (χ0v) is 7.97. The first-order valence-corrected chi connectivity index (χ1v) is 5.47. The van der Waals surface area contributed by atoms with Crippen molar-refractivity contribution in [3.63, 3.8) is 0 Å². The van der Waals surface area contributed by atoms with Gasteiger partial charge >= 0.3 is 0 Å². The molecule has 0 N–H and O–H groups in total. The third-order valence-electron chi connectivity index (χ3n) is 3.31. The third kappa shape index (κ3) is 2.01. The van der Waals surface area contributed by atoms with Crippen LogP contribution < -0.4 is 0 Å². The largest absolute Gasteiger partial charge is 0.296 e. The molecule has 0 saturated heterocycles. The van der Waals surface area contributed by atoms with Crippen molar-refractivity contribution in [3.05, 3.63) is 7.05 Å². The maximum Gasteiger partial charge on any atom is 0.0115 e. The highest BCUT2D eigenvalue weighted by Gasteiger charge is 2.30. The molecule has 2 aliphatic carbocycles.